The van der Waals surface area contributed by atoms with Crippen molar-refractivity contribution in [2.75, 3.05) is 6.54 Å². The van der Waals surface area contributed by atoms with E-state index < -0.39 is 0 Å². The van der Waals surface area contributed by atoms with Gasteiger partial charge in [0.15, 0.2) is 6.39 Å². The van der Waals surface area contributed by atoms with Crippen LogP contribution in [0.4, 0.5) is 0 Å². The Labute approximate surface area is 194 Å². The molecule has 0 radical (unpaired) electrons. The van der Waals surface area contributed by atoms with E-state index in [1.54, 1.807) is 32.7 Å². The first-order valence-electron chi connectivity index (χ1n) is 10.4. The second-order valence-electron chi connectivity index (χ2n) is 8.19. The molecule has 0 bridgehead atoms. The van der Waals surface area contributed by atoms with Crippen LogP contribution in [0.1, 0.15) is 50.5 Å². The van der Waals surface area contributed by atoms with E-state index >= 15 is 0 Å². The number of hydrogen-bond acceptors (Lipinski definition) is 5. The standard InChI is InChI=1S/C22H21Cl2N5O3/c1-12-7-18-15(9-28(12)21(30)14-3-4-16(23)17(24)8-14)20-22(31)27(5-6-29(20)26-18)10-19-13(2)32-11-25-19/h3-4,8,11-12H,5-7,9-10H2,1-2H3/t12-/m1/s1. The molecule has 2 aliphatic heterocycles. The smallest absolute Gasteiger partial charge is 0.272 e. The predicted molar refractivity (Wildman–Crippen MR) is 118 cm³/mol. The molecule has 0 N–H and O–H groups in total. The van der Waals surface area contributed by atoms with Crippen LogP contribution in [0.3, 0.4) is 0 Å². The van der Waals surface area contributed by atoms with Gasteiger partial charge in [0.1, 0.15) is 17.1 Å². The molecule has 3 aromatic rings. The summed E-state index contributed by atoms with van der Waals surface area (Å²) in [5.74, 6) is 0.440. The topological polar surface area (TPSA) is 84.5 Å². The molecule has 0 saturated carbocycles. The normalized spacial score (nSPS) is 18.0. The van der Waals surface area contributed by atoms with Gasteiger partial charge >= 0.3 is 0 Å². The minimum atomic E-state index is -0.153. The lowest BCUT2D eigenvalue weighted by Crippen LogP contribution is -2.44. The monoisotopic (exact) mass is 473 g/mol. The zero-order valence-electron chi connectivity index (χ0n) is 17.6. The summed E-state index contributed by atoms with van der Waals surface area (Å²) in [4.78, 5) is 34.3. The number of benzene rings is 1. The van der Waals surface area contributed by atoms with Crippen LogP contribution in [0, 0.1) is 6.92 Å². The summed E-state index contributed by atoms with van der Waals surface area (Å²) >= 11 is 12.1. The van der Waals surface area contributed by atoms with E-state index in [2.05, 4.69) is 4.98 Å². The van der Waals surface area contributed by atoms with Gasteiger partial charge in [-0.3, -0.25) is 14.3 Å². The molecule has 2 aromatic heterocycles. The van der Waals surface area contributed by atoms with Gasteiger partial charge in [0.25, 0.3) is 11.8 Å². The van der Waals surface area contributed by atoms with Gasteiger partial charge in [-0.05, 0) is 32.0 Å². The van der Waals surface area contributed by atoms with Gasteiger partial charge in [-0.25, -0.2) is 4.98 Å². The number of amides is 2. The maximum absolute atomic E-state index is 13.4. The Hall–Kier alpha value is -2.84. The number of aromatic nitrogens is 3. The molecule has 2 aliphatic rings. The van der Waals surface area contributed by atoms with Gasteiger partial charge in [-0.15, -0.1) is 0 Å². The molecular weight excluding hydrogens is 453 g/mol. The zero-order chi connectivity index (χ0) is 22.6. The minimum absolute atomic E-state index is 0.0645. The molecular formula is C22H21Cl2N5O3. The fourth-order valence-electron chi connectivity index (χ4n) is 4.34. The van der Waals surface area contributed by atoms with E-state index in [0.717, 1.165) is 17.0 Å². The Bertz CT molecular complexity index is 1230. The molecule has 0 unspecified atom stereocenters. The molecule has 1 aromatic carbocycles. The highest BCUT2D eigenvalue weighted by Crippen LogP contribution is 2.31. The number of fused-ring (bicyclic) bond motifs is 3. The van der Waals surface area contributed by atoms with Crippen molar-refractivity contribution in [3.8, 4) is 0 Å². The molecule has 4 heterocycles. The maximum Gasteiger partial charge on any atom is 0.272 e. The third-order valence-electron chi connectivity index (χ3n) is 6.17. The molecule has 2 amide bonds. The van der Waals surface area contributed by atoms with Crippen molar-refractivity contribution in [2.24, 2.45) is 0 Å². The fraction of sp³-hybridized carbons (Fsp3) is 0.364. The highest BCUT2D eigenvalue weighted by atomic mass is 35.5. The van der Waals surface area contributed by atoms with Gasteiger partial charge in [0.2, 0.25) is 0 Å². The number of rotatable bonds is 3. The van der Waals surface area contributed by atoms with Crippen LogP contribution in [0.2, 0.25) is 10.0 Å². The first-order valence-corrected chi connectivity index (χ1v) is 11.1. The molecule has 1 atom stereocenters. The van der Waals surface area contributed by atoms with Crippen molar-refractivity contribution in [1.29, 1.82) is 0 Å². The summed E-state index contributed by atoms with van der Waals surface area (Å²) in [6, 6.07) is 4.80. The first-order chi connectivity index (χ1) is 15.3. The number of carbonyl (C=O) groups is 2. The number of oxazole rings is 1. The average molecular weight is 474 g/mol. The van der Waals surface area contributed by atoms with E-state index in [0.29, 0.717) is 59.7 Å². The Morgan fingerprint density at radius 2 is 2.06 bits per heavy atom. The van der Waals surface area contributed by atoms with E-state index in [4.69, 9.17) is 32.7 Å². The summed E-state index contributed by atoms with van der Waals surface area (Å²) in [7, 11) is 0. The summed E-state index contributed by atoms with van der Waals surface area (Å²) in [5, 5.41) is 5.42. The number of hydrogen-bond donors (Lipinski definition) is 0. The molecule has 0 saturated heterocycles. The number of carbonyl (C=O) groups excluding carboxylic acids is 2. The van der Waals surface area contributed by atoms with E-state index in [9.17, 15) is 9.59 Å². The summed E-state index contributed by atoms with van der Waals surface area (Å²) in [5.41, 5.74) is 3.43. The molecule has 8 nitrogen and oxygen atoms in total. The predicted octanol–water partition coefficient (Wildman–Crippen LogP) is 3.73. The van der Waals surface area contributed by atoms with E-state index in [1.165, 1.54) is 6.39 Å². The molecule has 0 spiro atoms. The van der Waals surface area contributed by atoms with Gasteiger partial charge in [0, 0.05) is 30.1 Å². The molecule has 166 valence electrons. The van der Waals surface area contributed by atoms with Crippen LogP contribution in [0.5, 0.6) is 0 Å². The van der Waals surface area contributed by atoms with Crippen LogP contribution in [0.15, 0.2) is 29.0 Å². The van der Waals surface area contributed by atoms with Crippen molar-refractivity contribution in [3.63, 3.8) is 0 Å². The Kier molecular flexibility index (Phi) is 5.22. The van der Waals surface area contributed by atoms with Crippen molar-refractivity contribution in [1.82, 2.24) is 24.6 Å². The average Bonchev–Trinajstić information content (AvgIpc) is 3.33. The number of aryl methyl sites for hydroxylation is 1. The molecule has 32 heavy (non-hydrogen) atoms. The third-order valence-corrected chi connectivity index (χ3v) is 6.91. The van der Waals surface area contributed by atoms with Gasteiger partial charge in [0.05, 0.1) is 35.4 Å². The minimum Gasteiger partial charge on any atom is -0.448 e. The van der Waals surface area contributed by atoms with Crippen LogP contribution >= 0.6 is 23.2 Å². The summed E-state index contributed by atoms with van der Waals surface area (Å²) in [6.45, 7) is 5.64. The molecule has 0 aliphatic carbocycles. The van der Waals surface area contributed by atoms with Gasteiger partial charge in [-0.2, -0.15) is 5.10 Å². The Morgan fingerprint density at radius 3 is 2.78 bits per heavy atom. The lowest BCUT2D eigenvalue weighted by molar-refractivity contribution is 0.0636. The van der Waals surface area contributed by atoms with Crippen molar-refractivity contribution < 1.29 is 14.0 Å². The zero-order valence-corrected chi connectivity index (χ0v) is 19.2. The Balaban J connectivity index is 1.44. The van der Waals surface area contributed by atoms with Crippen molar-refractivity contribution in [3.05, 3.63) is 68.6 Å². The fourth-order valence-corrected chi connectivity index (χ4v) is 4.64. The van der Waals surface area contributed by atoms with E-state index in [-0.39, 0.29) is 17.9 Å². The van der Waals surface area contributed by atoms with Crippen LogP contribution < -0.4 is 0 Å². The highest BCUT2D eigenvalue weighted by molar-refractivity contribution is 6.42. The molecule has 5 rings (SSSR count). The van der Waals surface area contributed by atoms with Gasteiger partial charge in [-0.1, -0.05) is 23.2 Å². The Morgan fingerprint density at radius 1 is 1.25 bits per heavy atom. The maximum atomic E-state index is 13.4. The highest BCUT2D eigenvalue weighted by Gasteiger charge is 2.37. The van der Waals surface area contributed by atoms with Crippen LogP contribution in [0.25, 0.3) is 0 Å². The largest absolute Gasteiger partial charge is 0.448 e. The lowest BCUT2D eigenvalue weighted by atomic mass is 9.97. The van der Waals surface area contributed by atoms with E-state index in [1.807, 2.05) is 13.8 Å². The van der Waals surface area contributed by atoms with Crippen molar-refractivity contribution in [2.45, 2.75) is 45.9 Å². The quantitative estimate of drug-likeness (QED) is 0.578. The number of halogens is 2. The van der Waals surface area contributed by atoms with Crippen LogP contribution in [-0.2, 0) is 26.1 Å². The molecule has 10 heteroatoms. The lowest BCUT2D eigenvalue weighted by Gasteiger charge is -2.34. The van der Waals surface area contributed by atoms with Gasteiger partial charge < -0.3 is 14.2 Å². The second kappa shape index (κ2) is 7.94. The first kappa shape index (κ1) is 21.0. The SMILES string of the molecule is Cc1ocnc1CN1CCn2nc3c(c2C1=O)CN(C(=O)c1ccc(Cl)c(Cl)c1)[C@H](C)C3. The number of nitrogens with zero attached hydrogens (tertiary/aromatic N) is 5. The molecule has 0 fully saturated rings. The second-order valence-corrected chi connectivity index (χ2v) is 9.01. The van der Waals surface area contributed by atoms with Crippen molar-refractivity contribution >= 4 is 35.0 Å². The summed E-state index contributed by atoms with van der Waals surface area (Å²) < 4.78 is 7.04. The third kappa shape index (κ3) is 3.47. The van der Waals surface area contributed by atoms with Crippen LogP contribution in [-0.4, -0.2) is 49.0 Å². The summed E-state index contributed by atoms with van der Waals surface area (Å²) in [6.07, 6.45) is 1.97.